The highest BCUT2D eigenvalue weighted by molar-refractivity contribution is 7.80. The van der Waals surface area contributed by atoms with Gasteiger partial charge in [-0.05, 0) is 42.5 Å². The topological polar surface area (TPSA) is 85.1 Å². The zero-order valence-electron chi connectivity index (χ0n) is 11.8. The van der Waals surface area contributed by atoms with Gasteiger partial charge >= 0.3 is 6.18 Å². The predicted molar refractivity (Wildman–Crippen MR) is 82.6 cm³/mol. The van der Waals surface area contributed by atoms with Gasteiger partial charge in [0.1, 0.15) is 5.75 Å². The summed E-state index contributed by atoms with van der Waals surface area (Å²) in [4.78, 5) is 7.39. The van der Waals surface area contributed by atoms with Crippen LogP contribution in [-0.4, -0.2) is 22.2 Å². The Kier molecular flexibility index (Phi) is 4.84. The van der Waals surface area contributed by atoms with Crippen LogP contribution < -0.4 is 21.3 Å². The minimum Gasteiger partial charge on any atom is -0.497 e. The number of hydrogen-bond donors (Lipinski definition) is 3. The first-order chi connectivity index (χ1) is 10.8. The number of halogens is 3. The van der Waals surface area contributed by atoms with Gasteiger partial charge in [-0.3, -0.25) is 10.9 Å². The molecule has 1 aromatic carbocycles. The van der Waals surface area contributed by atoms with Gasteiger partial charge in [-0.2, -0.15) is 13.2 Å². The molecule has 1 heterocycles. The maximum Gasteiger partial charge on any atom is 0.433 e. The van der Waals surface area contributed by atoms with Crippen LogP contribution in [0.4, 0.5) is 19.1 Å². The zero-order valence-corrected chi connectivity index (χ0v) is 12.6. The maximum atomic E-state index is 13.0. The highest BCUT2D eigenvalue weighted by Crippen LogP contribution is 2.31. The van der Waals surface area contributed by atoms with Crippen LogP contribution >= 0.6 is 12.2 Å². The number of methoxy groups -OCH3 is 1. The third kappa shape index (κ3) is 4.42. The van der Waals surface area contributed by atoms with Gasteiger partial charge in [0.2, 0.25) is 5.95 Å². The number of nitrogens with zero attached hydrogens (tertiary/aromatic N) is 2. The van der Waals surface area contributed by atoms with Crippen molar-refractivity contribution < 1.29 is 17.9 Å². The summed E-state index contributed by atoms with van der Waals surface area (Å²) < 4.78 is 43.9. The Bertz CT molecular complexity index is 706. The van der Waals surface area contributed by atoms with E-state index in [2.05, 4.69) is 33.0 Å². The van der Waals surface area contributed by atoms with E-state index in [-0.39, 0.29) is 16.8 Å². The van der Waals surface area contributed by atoms with E-state index in [0.717, 1.165) is 6.07 Å². The lowest BCUT2D eigenvalue weighted by Gasteiger charge is -2.12. The maximum absolute atomic E-state index is 13.0. The zero-order chi connectivity index (χ0) is 17.0. The second-order valence-corrected chi connectivity index (χ2v) is 4.74. The molecule has 0 unspecified atom stereocenters. The molecule has 122 valence electrons. The summed E-state index contributed by atoms with van der Waals surface area (Å²) in [5, 5.41) is -0.156. The number of rotatable bonds is 4. The average Bonchev–Trinajstić information content (AvgIpc) is 2.52. The number of hydrazine groups is 1. The minimum absolute atomic E-state index is 0.0854. The molecular weight excluding hydrogens is 331 g/mol. The van der Waals surface area contributed by atoms with E-state index in [1.165, 1.54) is 7.11 Å². The number of alkyl halides is 3. The molecule has 23 heavy (non-hydrogen) atoms. The molecule has 10 heteroatoms. The lowest BCUT2D eigenvalue weighted by molar-refractivity contribution is -0.141. The molecule has 0 saturated carbocycles. The van der Waals surface area contributed by atoms with Crippen molar-refractivity contribution >= 4 is 23.3 Å². The summed E-state index contributed by atoms with van der Waals surface area (Å²) in [5.74, 6) is 0.269. The Balaban J connectivity index is 2.43. The third-order valence-electron chi connectivity index (χ3n) is 2.70. The van der Waals surface area contributed by atoms with Gasteiger partial charge in [-0.15, -0.1) is 0 Å². The van der Waals surface area contributed by atoms with E-state index in [0.29, 0.717) is 11.3 Å². The van der Waals surface area contributed by atoms with Crippen molar-refractivity contribution in [1.29, 1.82) is 0 Å². The third-order valence-corrected chi connectivity index (χ3v) is 2.80. The van der Waals surface area contributed by atoms with E-state index >= 15 is 0 Å². The van der Waals surface area contributed by atoms with Crippen molar-refractivity contribution in [3.8, 4) is 17.0 Å². The van der Waals surface area contributed by atoms with Crippen LogP contribution in [0.3, 0.4) is 0 Å². The quantitative estimate of drug-likeness (QED) is 0.580. The molecule has 0 spiro atoms. The molecule has 0 aliphatic carbocycles. The molecule has 0 fully saturated rings. The number of aromatic nitrogens is 2. The molecule has 0 bridgehead atoms. The molecule has 0 amide bonds. The molecule has 2 rings (SSSR count). The normalized spacial score (nSPS) is 11.0. The van der Waals surface area contributed by atoms with Gasteiger partial charge in [0.15, 0.2) is 10.8 Å². The fourth-order valence-electron chi connectivity index (χ4n) is 1.68. The standard InChI is InChI=1S/C13H12F3N5OS/c1-22-8-4-2-7(3-5-8)9-6-10(13(14,15)16)19-12(18-9)21-20-11(17)23/h2-6H,1H3,(H3,17,20,23)(H,18,19,21). The summed E-state index contributed by atoms with van der Waals surface area (Å²) in [6.45, 7) is 0. The first kappa shape index (κ1) is 16.7. The van der Waals surface area contributed by atoms with Crippen LogP contribution in [-0.2, 0) is 6.18 Å². The van der Waals surface area contributed by atoms with Crippen molar-refractivity contribution in [2.45, 2.75) is 6.18 Å². The lowest BCUT2D eigenvalue weighted by Crippen LogP contribution is -2.35. The van der Waals surface area contributed by atoms with Crippen LogP contribution in [0.25, 0.3) is 11.3 Å². The second kappa shape index (κ2) is 6.65. The van der Waals surface area contributed by atoms with E-state index in [4.69, 9.17) is 10.5 Å². The van der Waals surface area contributed by atoms with Gasteiger partial charge in [-0.1, -0.05) is 0 Å². The van der Waals surface area contributed by atoms with E-state index in [1.54, 1.807) is 24.3 Å². The largest absolute Gasteiger partial charge is 0.497 e. The number of anilines is 1. The van der Waals surface area contributed by atoms with Crippen molar-refractivity contribution in [1.82, 2.24) is 15.4 Å². The van der Waals surface area contributed by atoms with Gasteiger partial charge < -0.3 is 10.5 Å². The Labute approximate surface area is 134 Å². The summed E-state index contributed by atoms with van der Waals surface area (Å²) in [7, 11) is 1.49. The minimum atomic E-state index is -4.62. The number of nitrogens with two attached hydrogens (primary N) is 1. The molecule has 2 aromatic rings. The SMILES string of the molecule is COc1ccc(-c2cc(C(F)(F)F)nc(NNC(N)=S)n2)cc1. The molecule has 0 saturated heterocycles. The van der Waals surface area contributed by atoms with Crippen molar-refractivity contribution in [2.75, 3.05) is 12.5 Å². The lowest BCUT2D eigenvalue weighted by atomic mass is 10.1. The van der Waals surface area contributed by atoms with Crippen LogP contribution in [0.2, 0.25) is 0 Å². The molecule has 0 aliphatic rings. The Morgan fingerprint density at radius 3 is 2.39 bits per heavy atom. The van der Waals surface area contributed by atoms with Crippen molar-refractivity contribution in [3.63, 3.8) is 0 Å². The molecule has 0 radical (unpaired) electrons. The molecule has 0 aliphatic heterocycles. The summed E-state index contributed by atoms with van der Waals surface area (Å²) in [5.41, 5.74) is 9.28. The molecule has 0 atom stereocenters. The monoisotopic (exact) mass is 343 g/mol. The summed E-state index contributed by atoms with van der Waals surface area (Å²) in [6, 6.07) is 7.27. The van der Waals surface area contributed by atoms with E-state index in [9.17, 15) is 13.2 Å². The summed E-state index contributed by atoms with van der Waals surface area (Å²) in [6.07, 6.45) is -4.62. The smallest absolute Gasteiger partial charge is 0.433 e. The van der Waals surface area contributed by atoms with Crippen molar-refractivity contribution in [3.05, 3.63) is 36.0 Å². The average molecular weight is 343 g/mol. The van der Waals surface area contributed by atoms with Gasteiger partial charge in [0.25, 0.3) is 0 Å². The van der Waals surface area contributed by atoms with Crippen LogP contribution in [0.15, 0.2) is 30.3 Å². The Morgan fingerprint density at radius 2 is 1.87 bits per heavy atom. The second-order valence-electron chi connectivity index (χ2n) is 4.30. The van der Waals surface area contributed by atoms with Gasteiger partial charge in [0.05, 0.1) is 12.8 Å². The first-order valence-corrected chi connectivity index (χ1v) is 6.62. The Hall–Kier alpha value is -2.62. The number of nitrogens with one attached hydrogen (secondary N) is 2. The fourth-order valence-corrected chi connectivity index (χ4v) is 1.73. The van der Waals surface area contributed by atoms with Gasteiger partial charge in [0, 0.05) is 5.56 Å². The number of ether oxygens (including phenoxy) is 1. The highest BCUT2D eigenvalue weighted by atomic mass is 32.1. The van der Waals surface area contributed by atoms with Crippen LogP contribution in [0.5, 0.6) is 5.75 Å². The number of thiocarbonyl (C=S) groups is 1. The Morgan fingerprint density at radius 1 is 1.22 bits per heavy atom. The van der Waals surface area contributed by atoms with Crippen LogP contribution in [0.1, 0.15) is 5.69 Å². The first-order valence-electron chi connectivity index (χ1n) is 6.22. The van der Waals surface area contributed by atoms with E-state index < -0.39 is 11.9 Å². The molecule has 6 nitrogen and oxygen atoms in total. The fraction of sp³-hybridized carbons (Fsp3) is 0.154. The van der Waals surface area contributed by atoms with Gasteiger partial charge in [-0.25, -0.2) is 9.97 Å². The number of hydrogen-bond acceptors (Lipinski definition) is 5. The van der Waals surface area contributed by atoms with Crippen molar-refractivity contribution in [2.24, 2.45) is 5.73 Å². The van der Waals surface area contributed by atoms with E-state index in [1.807, 2.05) is 0 Å². The summed E-state index contributed by atoms with van der Waals surface area (Å²) >= 11 is 4.57. The van der Waals surface area contributed by atoms with Crippen LogP contribution in [0, 0.1) is 0 Å². The number of benzene rings is 1. The predicted octanol–water partition coefficient (Wildman–Crippen LogP) is 2.33. The highest BCUT2D eigenvalue weighted by Gasteiger charge is 2.33. The molecular formula is C13H12F3N5OS. The molecule has 1 aromatic heterocycles. The molecule has 4 N–H and O–H groups in total.